The van der Waals surface area contributed by atoms with Crippen molar-refractivity contribution in [1.82, 2.24) is 5.32 Å². The number of ketones is 1. The molecule has 16 heavy (non-hydrogen) atoms. The Bertz CT molecular complexity index is 447. The lowest BCUT2D eigenvalue weighted by Gasteiger charge is -2.17. The summed E-state index contributed by atoms with van der Waals surface area (Å²) >= 11 is -1.29. The summed E-state index contributed by atoms with van der Waals surface area (Å²) < 4.78 is 24.5. The molecule has 1 aliphatic rings. The van der Waals surface area contributed by atoms with Gasteiger partial charge in [0.15, 0.2) is 0 Å². The third kappa shape index (κ3) is 2.25. The Kier molecular flexibility index (Phi) is 3.26. The van der Waals surface area contributed by atoms with Crippen LogP contribution in [0.4, 0.5) is 4.39 Å². The summed E-state index contributed by atoms with van der Waals surface area (Å²) in [6.07, 6.45) is 1.45. The molecule has 1 N–H and O–H groups in total. The summed E-state index contributed by atoms with van der Waals surface area (Å²) in [5.74, 6) is -0.446. The lowest BCUT2D eigenvalue weighted by Crippen LogP contribution is -2.30. The third-order valence-corrected chi connectivity index (χ3v) is 3.59. The molecule has 1 unspecified atom stereocenters. The topological polar surface area (TPSA) is 52.2 Å². The van der Waals surface area contributed by atoms with Gasteiger partial charge in [-0.2, -0.15) is 0 Å². The van der Waals surface area contributed by atoms with Crippen LogP contribution in [-0.2, 0) is 11.2 Å². The minimum atomic E-state index is -1.29. The predicted molar refractivity (Wildman–Crippen MR) is 59.8 cm³/mol. The van der Waals surface area contributed by atoms with E-state index in [1.54, 1.807) is 0 Å². The molecule has 0 aliphatic carbocycles. The molecule has 2 rings (SSSR count). The SMILES string of the molecule is O=C(C1=CNCC[S+]1[O-])c1cccc(F)c1. The van der Waals surface area contributed by atoms with Gasteiger partial charge in [-0.05, 0) is 23.3 Å². The zero-order valence-electron chi connectivity index (χ0n) is 8.40. The first-order valence-corrected chi connectivity index (χ1v) is 6.12. The fourth-order valence-electron chi connectivity index (χ4n) is 1.43. The van der Waals surface area contributed by atoms with E-state index >= 15 is 0 Å². The first kappa shape index (κ1) is 11.2. The summed E-state index contributed by atoms with van der Waals surface area (Å²) in [7, 11) is 0. The molecule has 1 aromatic carbocycles. The van der Waals surface area contributed by atoms with E-state index in [0.29, 0.717) is 12.3 Å². The summed E-state index contributed by atoms with van der Waals surface area (Å²) in [6, 6.07) is 5.39. The van der Waals surface area contributed by atoms with Gasteiger partial charge in [-0.1, -0.05) is 12.1 Å². The molecule has 1 atom stereocenters. The average Bonchev–Trinajstić information content (AvgIpc) is 2.29. The van der Waals surface area contributed by atoms with Crippen molar-refractivity contribution >= 4 is 17.0 Å². The highest BCUT2D eigenvalue weighted by Crippen LogP contribution is 2.17. The van der Waals surface area contributed by atoms with Gasteiger partial charge in [0.25, 0.3) is 0 Å². The van der Waals surface area contributed by atoms with Crippen LogP contribution in [0.1, 0.15) is 10.4 Å². The summed E-state index contributed by atoms with van der Waals surface area (Å²) in [4.78, 5) is 12.1. The van der Waals surface area contributed by atoms with Crippen molar-refractivity contribution in [1.29, 1.82) is 0 Å². The van der Waals surface area contributed by atoms with Crippen LogP contribution in [0.25, 0.3) is 0 Å². The van der Waals surface area contributed by atoms with Gasteiger partial charge in [0.2, 0.25) is 10.7 Å². The van der Waals surface area contributed by atoms with Gasteiger partial charge in [0.05, 0.1) is 12.7 Å². The molecular formula is C11H10FNO2S. The minimum Gasteiger partial charge on any atom is -0.611 e. The average molecular weight is 239 g/mol. The van der Waals surface area contributed by atoms with Gasteiger partial charge in [-0.3, -0.25) is 4.79 Å². The molecule has 0 spiro atoms. The van der Waals surface area contributed by atoms with Crippen molar-refractivity contribution in [3.05, 3.63) is 46.8 Å². The van der Waals surface area contributed by atoms with Gasteiger partial charge in [-0.15, -0.1) is 0 Å². The number of allylic oxidation sites excluding steroid dienone is 1. The monoisotopic (exact) mass is 239 g/mol. The van der Waals surface area contributed by atoms with E-state index in [2.05, 4.69) is 5.32 Å². The number of nitrogens with one attached hydrogen (secondary N) is 1. The maximum absolute atomic E-state index is 12.9. The second kappa shape index (κ2) is 4.67. The van der Waals surface area contributed by atoms with E-state index < -0.39 is 17.0 Å². The van der Waals surface area contributed by atoms with Crippen LogP contribution in [-0.4, -0.2) is 22.6 Å². The van der Waals surface area contributed by atoms with Crippen molar-refractivity contribution in [3.8, 4) is 0 Å². The van der Waals surface area contributed by atoms with E-state index in [9.17, 15) is 13.7 Å². The molecule has 1 heterocycles. The van der Waals surface area contributed by atoms with Crippen LogP contribution in [0.3, 0.4) is 0 Å². The van der Waals surface area contributed by atoms with Crippen LogP contribution < -0.4 is 5.32 Å². The molecule has 0 bridgehead atoms. The second-order valence-electron chi connectivity index (χ2n) is 3.35. The van der Waals surface area contributed by atoms with Crippen molar-refractivity contribution in [3.63, 3.8) is 0 Å². The molecule has 1 aliphatic heterocycles. The highest BCUT2D eigenvalue weighted by molar-refractivity contribution is 7.96. The van der Waals surface area contributed by atoms with Gasteiger partial charge in [0.1, 0.15) is 11.6 Å². The van der Waals surface area contributed by atoms with Crippen LogP contribution >= 0.6 is 0 Å². The zero-order chi connectivity index (χ0) is 11.5. The standard InChI is InChI=1S/C11H10FNO2S/c12-9-3-1-2-8(6-9)11(14)10-7-13-4-5-16(10)15/h1-3,6-7,13H,4-5H2. The van der Waals surface area contributed by atoms with Crippen molar-refractivity contribution < 1.29 is 13.7 Å². The Hall–Kier alpha value is -1.33. The molecule has 0 saturated heterocycles. The zero-order valence-corrected chi connectivity index (χ0v) is 9.22. The number of hydrogen-bond acceptors (Lipinski definition) is 3. The van der Waals surface area contributed by atoms with Crippen molar-refractivity contribution in [2.45, 2.75) is 0 Å². The Morgan fingerprint density at radius 1 is 1.50 bits per heavy atom. The van der Waals surface area contributed by atoms with E-state index in [0.717, 1.165) is 6.07 Å². The van der Waals surface area contributed by atoms with Crippen LogP contribution in [0.5, 0.6) is 0 Å². The van der Waals surface area contributed by atoms with Crippen molar-refractivity contribution in [2.75, 3.05) is 12.3 Å². The lowest BCUT2D eigenvalue weighted by atomic mass is 10.1. The number of carbonyl (C=O) groups excluding carboxylic acids is 1. The Morgan fingerprint density at radius 2 is 2.31 bits per heavy atom. The third-order valence-electron chi connectivity index (χ3n) is 2.22. The van der Waals surface area contributed by atoms with E-state index in [4.69, 9.17) is 0 Å². The molecule has 0 fully saturated rings. The minimum absolute atomic E-state index is 0.205. The predicted octanol–water partition coefficient (Wildman–Crippen LogP) is 1.20. The van der Waals surface area contributed by atoms with Crippen LogP contribution in [0.15, 0.2) is 35.4 Å². The largest absolute Gasteiger partial charge is 0.611 e. The fourth-order valence-corrected chi connectivity index (χ4v) is 2.50. The number of halogens is 1. The lowest BCUT2D eigenvalue weighted by molar-refractivity contribution is 0.104. The molecule has 0 amide bonds. The normalized spacial score (nSPS) is 19.9. The Morgan fingerprint density at radius 3 is 3.00 bits per heavy atom. The summed E-state index contributed by atoms with van der Waals surface area (Å²) in [5, 5.41) is 2.86. The van der Waals surface area contributed by atoms with E-state index in [-0.39, 0.29) is 16.3 Å². The number of benzene rings is 1. The van der Waals surface area contributed by atoms with Gasteiger partial charge >= 0.3 is 0 Å². The highest BCUT2D eigenvalue weighted by Gasteiger charge is 2.26. The van der Waals surface area contributed by atoms with Crippen LogP contribution in [0.2, 0.25) is 0 Å². The molecule has 5 heteroatoms. The van der Waals surface area contributed by atoms with Gasteiger partial charge < -0.3 is 9.87 Å². The van der Waals surface area contributed by atoms with Gasteiger partial charge in [0, 0.05) is 5.56 Å². The number of Topliss-reactive ketones (excluding diaryl/α,β-unsaturated/α-hetero) is 1. The maximum Gasteiger partial charge on any atom is 0.242 e. The molecule has 3 nitrogen and oxygen atoms in total. The number of hydrogen-bond donors (Lipinski definition) is 1. The number of rotatable bonds is 2. The van der Waals surface area contributed by atoms with E-state index in [1.165, 1.54) is 24.4 Å². The highest BCUT2D eigenvalue weighted by atomic mass is 32.2. The summed E-state index contributed by atoms with van der Waals surface area (Å²) in [6.45, 7) is 0.590. The smallest absolute Gasteiger partial charge is 0.242 e. The molecule has 0 aromatic heterocycles. The molecular weight excluding hydrogens is 229 g/mol. The maximum atomic E-state index is 12.9. The summed E-state index contributed by atoms with van der Waals surface area (Å²) in [5.41, 5.74) is 0.225. The molecule has 0 radical (unpaired) electrons. The quantitative estimate of drug-likeness (QED) is 0.623. The van der Waals surface area contributed by atoms with Gasteiger partial charge in [-0.25, -0.2) is 4.39 Å². The Labute approximate surface area is 95.5 Å². The van der Waals surface area contributed by atoms with E-state index in [1.807, 2.05) is 0 Å². The first-order chi connectivity index (χ1) is 7.68. The van der Waals surface area contributed by atoms with Crippen molar-refractivity contribution in [2.24, 2.45) is 0 Å². The Balaban J connectivity index is 2.28. The number of carbonyl (C=O) groups is 1. The first-order valence-electron chi connectivity index (χ1n) is 4.80. The van der Waals surface area contributed by atoms with Crippen LogP contribution in [0, 0.1) is 5.82 Å². The fraction of sp³-hybridized carbons (Fsp3) is 0.182. The molecule has 1 aromatic rings. The second-order valence-corrected chi connectivity index (χ2v) is 4.89. The molecule has 0 saturated carbocycles. The molecule has 84 valence electrons.